The fourth-order valence-corrected chi connectivity index (χ4v) is 2.98. The third kappa shape index (κ3) is 2.39. The van der Waals surface area contributed by atoms with Gasteiger partial charge in [0, 0.05) is 25.3 Å². The number of hydrogen-bond acceptors (Lipinski definition) is 2. The van der Waals surface area contributed by atoms with Crippen molar-refractivity contribution in [2.24, 2.45) is 5.73 Å². The molecule has 0 bridgehead atoms. The Morgan fingerprint density at radius 2 is 1.78 bits per heavy atom. The maximum Gasteiger partial charge on any atom is 0.0430 e. The minimum Gasteiger partial charge on any atom is -0.377 e. The van der Waals surface area contributed by atoms with E-state index in [1.807, 2.05) is 0 Å². The molecular weight excluding hydrogens is 220 g/mol. The lowest BCUT2D eigenvalue weighted by atomic mass is 9.85. The van der Waals surface area contributed by atoms with Gasteiger partial charge in [0.1, 0.15) is 0 Å². The Hall–Kier alpha value is -1.02. The van der Waals surface area contributed by atoms with Crippen molar-refractivity contribution in [1.29, 1.82) is 0 Å². The minimum atomic E-state index is -0.107. The molecule has 1 aromatic rings. The van der Waals surface area contributed by atoms with E-state index >= 15 is 0 Å². The number of rotatable bonds is 3. The van der Waals surface area contributed by atoms with Crippen molar-refractivity contribution in [2.75, 3.05) is 19.0 Å². The van der Waals surface area contributed by atoms with Crippen LogP contribution in [0, 0.1) is 0 Å². The highest BCUT2D eigenvalue weighted by Gasteiger charge is 2.33. The van der Waals surface area contributed by atoms with Gasteiger partial charge in [-0.25, -0.2) is 0 Å². The highest BCUT2D eigenvalue weighted by Crippen LogP contribution is 2.41. The van der Waals surface area contributed by atoms with Gasteiger partial charge in [0.25, 0.3) is 0 Å². The third-order valence-corrected chi connectivity index (χ3v) is 4.20. The van der Waals surface area contributed by atoms with Gasteiger partial charge in [-0.15, -0.1) is 0 Å². The summed E-state index contributed by atoms with van der Waals surface area (Å²) in [5.74, 6) is 0.560. The molecule has 1 aliphatic carbocycles. The van der Waals surface area contributed by atoms with Crippen molar-refractivity contribution >= 4 is 5.69 Å². The normalized spacial score (nSPS) is 18.3. The van der Waals surface area contributed by atoms with Crippen molar-refractivity contribution in [1.82, 2.24) is 0 Å². The molecule has 0 aromatic heterocycles. The van der Waals surface area contributed by atoms with E-state index in [4.69, 9.17) is 5.73 Å². The summed E-state index contributed by atoms with van der Waals surface area (Å²) in [6.45, 7) is 4.48. The number of hydrogen-bond donors (Lipinski definition) is 1. The van der Waals surface area contributed by atoms with Gasteiger partial charge in [-0.2, -0.15) is 0 Å². The number of anilines is 1. The number of nitrogens with zero attached hydrogens (tertiary/aromatic N) is 1. The van der Waals surface area contributed by atoms with Gasteiger partial charge in [0.15, 0.2) is 0 Å². The second kappa shape index (κ2) is 4.93. The van der Waals surface area contributed by atoms with Crippen LogP contribution in [-0.4, -0.2) is 14.1 Å². The average Bonchev–Trinajstić information content (AvgIpc) is 2.76. The molecule has 0 radical (unpaired) electrons. The molecule has 0 heterocycles. The maximum atomic E-state index is 6.66. The van der Waals surface area contributed by atoms with Crippen LogP contribution >= 0.6 is 0 Å². The summed E-state index contributed by atoms with van der Waals surface area (Å²) in [5.41, 5.74) is 10.6. The van der Waals surface area contributed by atoms with E-state index in [1.54, 1.807) is 0 Å². The first-order valence-corrected chi connectivity index (χ1v) is 7.05. The van der Waals surface area contributed by atoms with E-state index in [2.05, 4.69) is 51.0 Å². The van der Waals surface area contributed by atoms with Gasteiger partial charge in [-0.05, 0) is 36.0 Å². The first-order valence-electron chi connectivity index (χ1n) is 7.05. The summed E-state index contributed by atoms with van der Waals surface area (Å²) in [5, 5.41) is 0. The molecule has 0 aliphatic heterocycles. The molecule has 0 unspecified atom stereocenters. The van der Waals surface area contributed by atoms with E-state index in [1.165, 1.54) is 29.7 Å². The predicted molar refractivity (Wildman–Crippen MR) is 79.2 cm³/mol. The minimum absolute atomic E-state index is 0.107. The Kier molecular flexibility index (Phi) is 3.67. The lowest BCUT2D eigenvalue weighted by molar-refractivity contribution is 0.461. The van der Waals surface area contributed by atoms with Gasteiger partial charge < -0.3 is 10.6 Å². The van der Waals surface area contributed by atoms with Crippen molar-refractivity contribution in [2.45, 2.75) is 51.0 Å². The van der Waals surface area contributed by atoms with Crippen LogP contribution in [0.4, 0.5) is 5.69 Å². The van der Waals surface area contributed by atoms with Gasteiger partial charge in [0.05, 0.1) is 0 Å². The quantitative estimate of drug-likeness (QED) is 0.883. The number of benzene rings is 1. The van der Waals surface area contributed by atoms with Crippen molar-refractivity contribution < 1.29 is 0 Å². The SMILES string of the molecule is CC(C)c1ccc(N(C)C)c(C2(N)CCCC2)c1. The highest BCUT2D eigenvalue weighted by molar-refractivity contribution is 5.57. The summed E-state index contributed by atoms with van der Waals surface area (Å²) in [6, 6.07) is 6.81. The Bertz CT molecular complexity index is 415. The fraction of sp³-hybridized carbons (Fsp3) is 0.625. The average molecular weight is 246 g/mol. The molecule has 1 fully saturated rings. The molecule has 100 valence electrons. The Labute approximate surface area is 111 Å². The van der Waals surface area contributed by atoms with Crippen LogP contribution in [0.3, 0.4) is 0 Å². The topological polar surface area (TPSA) is 29.3 Å². The molecule has 2 rings (SSSR count). The zero-order chi connectivity index (χ0) is 13.3. The molecule has 2 N–H and O–H groups in total. The Morgan fingerprint density at radius 3 is 2.28 bits per heavy atom. The zero-order valence-electron chi connectivity index (χ0n) is 12.2. The summed E-state index contributed by atoms with van der Waals surface area (Å²) < 4.78 is 0. The number of nitrogens with two attached hydrogens (primary N) is 1. The Balaban J connectivity index is 2.50. The van der Waals surface area contributed by atoms with Crippen LogP contribution < -0.4 is 10.6 Å². The summed E-state index contributed by atoms with van der Waals surface area (Å²) in [6.07, 6.45) is 4.76. The van der Waals surface area contributed by atoms with Crippen LogP contribution in [0.2, 0.25) is 0 Å². The molecule has 0 saturated heterocycles. The monoisotopic (exact) mass is 246 g/mol. The van der Waals surface area contributed by atoms with Crippen molar-refractivity contribution in [3.8, 4) is 0 Å². The molecule has 1 aromatic carbocycles. The third-order valence-electron chi connectivity index (χ3n) is 4.20. The van der Waals surface area contributed by atoms with Crippen molar-refractivity contribution in [3.05, 3.63) is 29.3 Å². The van der Waals surface area contributed by atoms with E-state index in [9.17, 15) is 0 Å². The van der Waals surface area contributed by atoms with E-state index in [0.717, 1.165) is 12.8 Å². The molecule has 2 nitrogen and oxygen atoms in total. The second-order valence-electron chi connectivity index (χ2n) is 6.19. The van der Waals surface area contributed by atoms with Gasteiger partial charge >= 0.3 is 0 Å². The van der Waals surface area contributed by atoms with E-state index in [0.29, 0.717) is 5.92 Å². The summed E-state index contributed by atoms with van der Waals surface area (Å²) in [7, 11) is 4.21. The molecule has 0 amide bonds. The van der Waals surface area contributed by atoms with Crippen molar-refractivity contribution in [3.63, 3.8) is 0 Å². The van der Waals surface area contributed by atoms with E-state index in [-0.39, 0.29) is 5.54 Å². The second-order valence-corrected chi connectivity index (χ2v) is 6.19. The summed E-state index contributed by atoms with van der Waals surface area (Å²) >= 11 is 0. The first kappa shape index (κ1) is 13.4. The fourth-order valence-electron chi connectivity index (χ4n) is 2.98. The Morgan fingerprint density at radius 1 is 1.17 bits per heavy atom. The molecule has 2 heteroatoms. The maximum absolute atomic E-state index is 6.66. The molecule has 0 atom stereocenters. The summed E-state index contributed by atoms with van der Waals surface area (Å²) in [4.78, 5) is 2.19. The van der Waals surface area contributed by atoms with Gasteiger partial charge in [0.2, 0.25) is 0 Å². The lowest BCUT2D eigenvalue weighted by Crippen LogP contribution is -2.35. The standard InChI is InChI=1S/C16H26N2/c1-12(2)13-7-8-15(18(3)4)14(11-13)16(17)9-5-6-10-16/h7-8,11-12H,5-6,9-10,17H2,1-4H3. The van der Waals surface area contributed by atoms with Gasteiger partial charge in [-0.3, -0.25) is 0 Å². The van der Waals surface area contributed by atoms with Crippen LogP contribution in [0.15, 0.2) is 18.2 Å². The largest absolute Gasteiger partial charge is 0.377 e. The molecule has 18 heavy (non-hydrogen) atoms. The molecule has 1 aliphatic rings. The van der Waals surface area contributed by atoms with E-state index < -0.39 is 0 Å². The molecular formula is C16H26N2. The van der Waals surface area contributed by atoms with Crippen LogP contribution in [0.1, 0.15) is 56.6 Å². The zero-order valence-corrected chi connectivity index (χ0v) is 12.2. The lowest BCUT2D eigenvalue weighted by Gasteiger charge is -2.30. The van der Waals surface area contributed by atoms with Crippen LogP contribution in [-0.2, 0) is 5.54 Å². The molecule has 1 saturated carbocycles. The van der Waals surface area contributed by atoms with Crippen LogP contribution in [0.25, 0.3) is 0 Å². The van der Waals surface area contributed by atoms with Crippen LogP contribution in [0.5, 0.6) is 0 Å². The first-order chi connectivity index (χ1) is 8.44. The smallest absolute Gasteiger partial charge is 0.0430 e. The predicted octanol–water partition coefficient (Wildman–Crippen LogP) is 3.60. The van der Waals surface area contributed by atoms with Gasteiger partial charge in [-0.1, -0.05) is 38.8 Å². The highest BCUT2D eigenvalue weighted by atomic mass is 15.1. The molecule has 0 spiro atoms.